The monoisotopic (exact) mass is 424 g/mol. The summed E-state index contributed by atoms with van der Waals surface area (Å²) < 4.78 is 78.8. The summed E-state index contributed by atoms with van der Waals surface area (Å²) in [5.74, 6) is 0.0772. The molecule has 0 saturated heterocycles. The predicted octanol–water partition coefficient (Wildman–Crippen LogP) is 4.97. The van der Waals surface area contributed by atoms with Crippen LogP contribution in [0.3, 0.4) is 0 Å². The van der Waals surface area contributed by atoms with Crippen LogP contribution in [0.4, 0.5) is 38.0 Å². The third-order valence-electron chi connectivity index (χ3n) is 4.12. The minimum absolute atomic E-state index is 0.0772. The third-order valence-corrected chi connectivity index (χ3v) is 4.12. The second kappa shape index (κ2) is 6.97. The lowest BCUT2D eigenvalue weighted by molar-refractivity contribution is -0.138. The summed E-state index contributed by atoms with van der Waals surface area (Å²) in [5.41, 5.74) is -1.52. The molecule has 4 rings (SSSR count). The van der Waals surface area contributed by atoms with Crippen molar-refractivity contribution in [1.29, 1.82) is 0 Å². The molecule has 0 aliphatic carbocycles. The smallest absolute Gasteiger partial charge is 0.323 e. The Morgan fingerprint density at radius 3 is 2.27 bits per heavy atom. The number of nitrogens with one attached hydrogen (secondary N) is 1. The molecule has 154 valence electrons. The molecule has 0 aliphatic rings. The van der Waals surface area contributed by atoms with Crippen LogP contribution in [0, 0.1) is 0 Å². The summed E-state index contributed by atoms with van der Waals surface area (Å²) in [6.45, 7) is 0. The van der Waals surface area contributed by atoms with Crippen molar-refractivity contribution in [2.24, 2.45) is 0 Å². The number of hydrogen-bond donors (Lipinski definition) is 1. The van der Waals surface area contributed by atoms with E-state index in [0.29, 0.717) is 5.69 Å². The maximum atomic E-state index is 13.2. The van der Waals surface area contributed by atoms with E-state index in [2.05, 4.69) is 25.6 Å². The fraction of sp³-hybridized carbons (Fsp3) is 0.111. The number of nitrogens with zero attached hydrogens (tertiary/aromatic N) is 5. The van der Waals surface area contributed by atoms with Crippen LogP contribution in [0.1, 0.15) is 11.1 Å². The van der Waals surface area contributed by atoms with E-state index in [1.807, 2.05) is 0 Å². The van der Waals surface area contributed by atoms with Crippen molar-refractivity contribution in [2.45, 2.75) is 12.4 Å². The molecule has 1 aromatic carbocycles. The van der Waals surface area contributed by atoms with Gasteiger partial charge in [0.25, 0.3) is 0 Å². The summed E-state index contributed by atoms with van der Waals surface area (Å²) in [5, 5.41) is 14.5. The first-order valence-electron chi connectivity index (χ1n) is 8.31. The van der Waals surface area contributed by atoms with Crippen LogP contribution in [0.2, 0.25) is 0 Å². The van der Waals surface area contributed by atoms with Gasteiger partial charge in [-0.1, -0.05) is 0 Å². The van der Waals surface area contributed by atoms with Gasteiger partial charge in [0.1, 0.15) is 0 Å². The van der Waals surface area contributed by atoms with E-state index in [0.717, 1.165) is 18.2 Å². The first-order valence-corrected chi connectivity index (χ1v) is 8.31. The van der Waals surface area contributed by atoms with E-state index in [1.165, 1.54) is 41.2 Å². The van der Waals surface area contributed by atoms with Gasteiger partial charge in [-0.25, -0.2) is 0 Å². The van der Waals surface area contributed by atoms with Crippen molar-refractivity contribution in [2.75, 3.05) is 5.32 Å². The third kappa shape index (κ3) is 3.75. The number of halogens is 6. The Labute approximate surface area is 164 Å². The van der Waals surface area contributed by atoms with Crippen LogP contribution in [0.5, 0.6) is 0 Å². The lowest BCUT2D eigenvalue weighted by Gasteiger charge is -2.11. The Bertz CT molecular complexity index is 1200. The zero-order valence-corrected chi connectivity index (χ0v) is 14.7. The van der Waals surface area contributed by atoms with E-state index in [4.69, 9.17) is 0 Å². The molecule has 0 saturated carbocycles. The molecule has 0 spiro atoms. The summed E-state index contributed by atoms with van der Waals surface area (Å²) in [4.78, 5) is 3.80. The fourth-order valence-corrected chi connectivity index (χ4v) is 2.74. The van der Waals surface area contributed by atoms with E-state index in [9.17, 15) is 26.3 Å². The first kappa shape index (κ1) is 19.6. The van der Waals surface area contributed by atoms with Crippen LogP contribution in [-0.2, 0) is 12.4 Å². The molecule has 0 amide bonds. The van der Waals surface area contributed by atoms with Crippen LogP contribution < -0.4 is 5.32 Å². The molecular weight excluding hydrogens is 414 g/mol. The van der Waals surface area contributed by atoms with Crippen LogP contribution in [0.15, 0.2) is 54.9 Å². The highest BCUT2D eigenvalue weighted by Crippen LogP contribution is 2.35. The van der Waals surface area contributed by atoms with Crippen LogP contribution >= 0.6 is 0 Å². The van der Waals surface area contributed by atoms with E-state index < -0.39 is 23.5 Å². The van der Waals surface area contributed by atoms with Crippen molar-refractivity contribution in [3.63, 3.8) is 0 Å². The number of rotatable bonds is 3. The number of benzene rings is 1. The van der Waals surface area contributed by atoms with Gasteiger partial charge in [0.15, 0.2) is 5.65 Å². The van der Waals surface area contributed by atoms with Crippen molar-refractivity contribution in [3.05, 3.63) is 66.0 Å². The molecule has 0 radical (unpaired) electrons. The Morgan fingerprint density at radius 2 is 1.60 bits per heavy atom. The standard InChI is InChI=1S/C18H10F6N6/c19-17(20,21)11-3-5-12(6-4-11)27-16-29-28-14-8-10(9-26-30(14)16)15-13(18(22,23)24)2-1-7-25-15/h1-9H,(H,27,29). The highest BCUT2D eigenvalue weighted by atomic mass is 19.4. The van der Waals surface area contributed by atoms with Crippen molar-refractivity contribution in [3.8, 4) is 11.3 Å². The number of alkyl halides is 6. The van der Waals surface area contributed by atoms with Gasteiger partial charge in [-0.05, 0) is 42.5 Å². The fourth-order valence-electron chi connectivity index (χ4n) is 2.74. The molecule has 0 atom stereocenters. The first-order chi connectivity index (χ1) is 14.1. The molecule has 0 bridgehead atoms. The number of aromatic nitrogens is 5. The minimum Gasteiger partial charge on any atom is -0.323 e. The summed E-state index contributed by atoms with van der Waals surface area (Å²) in [7, 11) is 0. The molecule has 30 heavy (non-hydrogen) atoms. The van der Waals surface area contributed by atoms with Gasteiger partial charge in [-0.3, -0.25) is 4.98 Å². The zero-order chi connectivity index (χ0) is 21.5. The SMILES string of the molecule is FC(F)(F)c1ccc(Nc2nnc3cc(-c4ncccc4C(F)(F)F)cnn23)cc1. The molecular formula is C18H10F6N6. The number of pyridine rings is 1. The highest BCUT2D eigenvalue weighted by Gasteiger charge is 2.34. The number of fused-ring (bicyclic) bond motifs is 1. The molecule has 0 aliphatic heterocycles. The highest BCUT2D eigenvalue weighted by molar-refractivity contribution is 5.67. The molecule has 4 aromatic rings. The topological polar surface area (TPSA) is 68.0 Å². The van der Waals surface area contributed by atoms with Crippen molar-refractivity contribution < 1.29 is 26.3 Å². The van der Waals surface area contributed by atoms with E-state index >= 15 is 0 Å². The molecule has 1 N–H and O–H groups in total. The molecule has 6 nitrogen and oxygen atoms in total. The quantitative estimate of drug-likeness (QED) is 0.471. The van der Waals surface area contributed by atoms with Gasteiger partial charge >= 0.3 is 12.4 Å². The van der Waals surface area contributed by atoms with Gasteiger partial charge in [0.2, 0.25) is 5.95 Å². The maximum Gasteiger partial charge on any atom is 0.418 e. The Kier molecular flexibility index (Phi) is 4.56. The second-order valence-corrected chi connectivity index (χ2v) is 6.14. The van der Waals surface area contributed by atoms with Gasteiger partial charge < -0.3 is 5.32 Å². The predicted molar refractivity (Wildman–Crippen MR) is 93.7 cm³/mol. The molecule has 12 heteroatoms. The van der Waals surface area contributed by atoms with Gasteiger partial charge in [-0.15, -0.1) is 10.2 Å². The number of anilines is 2. The number of hydrogen-bond acceptors (Lipinski definition) is 5. The van der Waals surface area contributed by atoms with Gasteiger partial charge in [0, 0.05) is 17.4 Å². The maximum absolute atomic E-state index is 13.2. The Balaban J connectivity index is 1.66. The summed E-state index contributed by atoms with van der Waals surface area (Å²) in [6, 6.07) is 7.64. The molecule has 3 heterocycles. The van der Waals surface area contributed by atoms with Crippen molar-refractivity contribution >= 4 is 17.3 Å². The molecule has 0 fully saturated rings. The minimum atomic E-state index is -4.60. The normalized spacial score (nSPS) is 12.3. The van der Waals surface area contributed by atoms with Crippen molar-refractivity contribution in [1.82, 2.24) is 24.8 Å². The molecule has 3 aromatic heterocycles. The average Bonchev–Trinajstić information content (AvgIpc) is 3.09. The second-order valence-electron chi connectivity index (χ2n) is 6.14. The zero-order valence-electron chi connectivity index (χ0n) is 14.7. The lowest BCUT2D eigenvalue weighted by atomic mass is 10.1. The molecule has 0 unspecified atom stereocenters. The van der Waals surface area contributed by atoms with E-state index in [1.54, 1.807) is 0 Å². The van der Waals surface area contributed by atoms with E-state index in [-0.39, 0.29) is 22.9 Å². The lowest BCUT2D eigenvalue weighted by Crippen LogP contribution is -2.08. The largest absolute Gasteiger partial charge is 0.418 e. The average molecular weight is 424 g/mol. The van der Waals surface area contributed by atoms with Gasteiger partial charge in [0.05, 0.1) is 23.0 Å². The van der Waals surface area contributed by atoms with Gasteiger partial charge in [-0.2, -0.15) is 36.0 Å². The summed E-state index contributed by atoms with van der Waals surface area (Å²) in [6.07, 6.45) is -6.65. The Hall–Kier alpha value is -3.70. The Morgan fingerprint density at radius 1 is 0.867 bits per heavy atom. The van der Waals surface area contributed by atoms with Crippen LogP contribution in [-0.4, -0.2) is 24.8 Å². The summed E-state index contributed by atoms with van der Waals surface area (Å²) >= 11 is 0. The van der Waals surface area contributed by atoms with Crippen LogP contribution in [0.25, 0.3) is 16.9 Å².